The molecule has 1 aromatic carbocycles. The van der Waals surface area contributed by atoms with Crippen LogP contribution in [0.1, 0.15) is 56.7 Å². The maximum absolute atomic E-state index is 5.96. The average molecular weight is 261 g/mol. The highest BCUT2D eigenvalue weighted by atomic mass is 16.5. The summed E-state index contributed by atoms with van der Waals surface area (Å²) in [5.41, 5.74) is 2.75. The minimum Gasteiger partial charge on any atom is -0.376 e. The van der Waals surface area contributed by atoms with Gasteiger partial charge in [-0.2, -0.15) is 0 Å². The van der Waals surface area contributed by atoms with E-state index in [9.17, 15) is 0 Å². The molecule has 1 aliphatic carbocycles. The van der Waals surface area contributed by atoms with Crippen LogP contribution in [0.25, 0.3) is 0 Å². The van der Waals surface area contributed by atoms with Gasteiger partial charge in [-0.25, -0.2) is 0 Å². The van der Waals surface area contributed by atoms with Gasteiger partial charge in [0, 0.05) is 7.11 Å². The predicted octanol–water partition coefficient (Wildman–Crippen LogP) is 3.86. The molecule has 2 heteroatoms. The summed E-state index contributed by atoms with van der Waals surface area (Å²) < 4.78 is 5.96. The Morgan fingerprint density at radius 1 is 1.16 bits per heavy atom. The van der Waals surface area contributed by atoms with Crippen LogP contribution in [0.3, 0.4) is 0 Å². The van der Waals surface area contributed by atoms with Crippen molar-refractivity contribution in [3.63, 3.8) is 0 Å². The van der Waals surface area contributed by atoms with Gasteiger partial charge in [0.25, 0.3) is 0 Å². The van der Waals surface area contributed by atoms with Crippen LogP contribution < -0.4 is 5.32 Å². The highest BCUT2D eigenvalue weighted by Crippen LogP contribution is 2.42. The number of hydrogen-bond donors (Lipinski definition) is 1. The van der Waals surface area contributed by atoms with E-state index in [0.29, 0.717) is 6.04 Å². The molecule has 0 aliphatic heterocycles. The first-order chi connectivity index (χ1) is 9.25. The number of hydrogen-bond acceptors (Lipinski definition) is 2. The molecule has 0 bridgehead atoms. The number of rotatable bonds is 6. The normalized spacial score (nSPS) is 19.5. The summed E-state index contributed by atoms with van der Waals surface area (Å²) in [4.78, 5) is 0. The van der Waals surface area contributed by atoms with E-state index in [4.69, 9.17) is 4.74 Å². The van der Waals surface area contributed by atoms with Crippen LogP contribution in [0.2, 0.25) is 0 Å². The molecule has 0 heterocycles. The van der Waals surface area contributed by atoms with Crippen molar-refractivity contribution in [1.29, 1.82) is 0 Å². The summed E-state index contributed by atoms with van der Waals surface area (Å²) in [6.07, 6.45) is 5.99. The summed E-state index contributed by atoms with van der Waals surface area (Å²) in [5.74, 6) is 0. The fourth-order valence-corrected chi connectivity index (χ4v) is 3.34. The molecular weight excluding hydrogens is 234 g/mol. The Morgan fingerprint density at radius 3 is 2.26 bits per heavy atom. The van der Waals surface area contributed by atoms with Gasteiger partial charge in [0.15, 0.2) is 0 Å². The molecule has 1 atom stereocenters. The number of nitrogens with one attached hydrogen (secondary N) is 1. The molecule has 1 aliphatic rings. The van der Waals surface area contributed by atoms with Gasteiger partial charge in [-0.1, -0.05) is 51.0 Å². The number of methoxy groups -OCH3 is 1. The quantitative estimate of drug-likeness (QED) is 0.839. The SMILES string of the molecule is CCNC(c1ccc(CC)cc1)C1(OC)CCCC1. The predicted molar refractivity (Wildman–Crippen MR) is 80.4 cm³/mol. The highest BCUT2D eigenvalue weighted by molar-refractivity contribution is 5.27. The van der Waals surface area contributed by atoms with Gasteiger partial charge in [-0.15, -0.1) is 0 Å². The van der Waals surface area contributed by atoms with Crippen LogP contribution >= 0.6 is 0 Å². The molecule has 1 unspecified atom stereocenters. The molecular formula is C17H27NO. The summed E-state index contributed by atoms with van der Waals surface area (Å²) >= 11 is 0. The molecule has 2 nitrogen and oxygen atoms in total. The Hall–Kier alpha value is -0.860. The van der Waals surface area contributed by atoms with Crippen LogP contribution in [-0.2, 0) is 11.2 Å². The largest absolute Gasteiger partial charge is 0.376 e. The molecule has 0 amide bonds. The van der Waals surface area contributed by atoms with E-state index in [2.05, 4.69) is 43.4 Å². The molecule has 19 heavy (non-hydrogen) atoms. The first-order valence-corrected chi connectivity index (χ1v) is 7.63. The lowest BCUT2D eigenvalue weighted by molar-refractivity contribution is -0.0364. The Balaban J connectivity index is 2.27. The van der Waals surface area contributed by atoms with Gasteiger partial charge in [0.05, 0.1) is 11.6 Å². The Kier molecular flexibility index (Phi) is 5.00. The smallest absolute Gasteiger partial charge is 0.0872 e. The zero-order valence-electron chi connectivity index (χ0n) is 12.5. The molecule has 0 saturated heterocycles. The molecule has 2 rings (SSSR count). The fraction of sp³-hybridized carbons (Fsp3) is 0.647. The van der Waals surface area contributed by atoms with Gasteiger partial charge in [0.1, 0.15) is 0 Å². The van der Waals surface area contributed by atoms with E-state index in [0.717, 1.165) is 25.8 Å². The molecule has 1 saturated carbocycles. The molecule has 106 valence electrons. The van der Waals surface area contributed by atoms with Gasteiger partial charge in [-0.05, 0) is 36.9 Å². The lowest BCUT2D eigenvalue weighted by Crippen LogP contribution is -2.43. The number of aryl methyl sites for hydroxylation is 1. The topological polar surface area (TPSA) is 21.3 Å². The summed E-state index contributed by atoms with van der Waals surface area (Å²) in [7, 11) is 1.87. The van der Waals surface area contributed by atoms with E-state index >= 15 is 0 Å². The van der Waals surface area contributed by atoms with E-state index < -0.39 is 0 Å². The molecule has 1 N–H and O–H groups in total. The zero-order chi connectivity index (χ0) is 13.7. The van der Waals surface area contributed by atoms with Crippen molar-refractivity contribution >= 4 is 0 Å². The van der Waals surface area contributed by atoms with Gasteiger partial charge < -0.3 is 10.1 Å². The van der Waals surface area contributed by atoms with E-state index in [1.165, 1.54) is 24.0 Å². The maximum Gasteiger partial charge on any atom is 0.0872 e. The molecule has 1 fully saturated rings. The van der Waals surface area contributed by atoms with Crippen LogP contribution in [0.4, 0.5) is 0 Å². The summed E-state index contributed by atoms with van der Waals surface area (Å²) in [6.45, 7) is 5.35. The van der Waals surface area contributed by atoms with Crippen molar-refractivity contribution < 1.29 is 4.74 Å². The minimum atomic E-state index is -0.0102. The molecule has 0 aromatic heterocycles. The van der Waals surface area contributed by atoms with Crippen LogP contribution in [-0.4, -0.2) is 19.3 Å². The molecule has 0 radical (unpaired) electrons. The maximum atomic E-state index is 5.96. The van der Waals surface area contributed by atoms with Gasteiger partial charge >= 0.3 is 0 Å². The van der Waals surface area contributed by atoms with E-state index in [1.54, 1.807) is 0 Å². The van der Waals surface area contributed by atoms with Crippen molar-refractivity contribution in [2.45, 2.75) is 57.6 Å². The van der Waals surface area contributed by atoms with Crippen molar-refractivity contribution in [2.24, 2.45) is 0 Å². The van der Waals surface area contributed by atoms with Crippen molar-refractivity contribution in [3.8, 4) is 0 Å². The van der Waals surface area contributed by atoms with Gasteiger partial charge in [-0.3, -0.25) is 0 Å². The molecule has 0 spiro atoms. The average Bonchev–Trinajstić information content (AvgIpc) is 2.95. The third kappa shape index (κ3) is 3.01. The molecule has 1 aromatic rings. The van der Waals surface area contributed by atoms with E-state index in [1.807, 2.05) is 7.11 Å². The second-order valence-corrected chi connectivity index (χ2v) is 5.56. The van der Waals surface area contributed by atoms with Crippen LogP contribution in [0.15, 0.2) is 24.3 Å². The second kappa shape index (κ2) is 6.53. The Bertz CT molecular complexity index is 379. The van der Waals surface area contributed by atoms with Crippen LogP contribution in [0.5, 0.6) is 0 Å². The lowest BCUT2D eigenvalue weighted by atomic mass is 9.86. The Labute approximate surface area is 117 Å². The Morgan fingerprint density at radius 2 is 1.79 bits per heavy atom. The second-order valence-electron chi connectivity index (χ2n) is 5.56. The lowest BCUT2D eigenvalue weighted by Gasteiger charge is -2.37. The summed E-state index contributed by atoms with van der Waals surface area (Å²) in [5, 5.41) is 3.65. The van der Waals surface area contributed by atoms with Crippen LogP contribution in [0, 0.1) is 0 Å². The van der Waals surface area contributed by atoms with Crippen molar-refractivity contribution in [3.05, 3.63) is 35.4 Å². The minimum absolute atomic E-state index is 0.0102. The number of ether oxygens (including phenoxy) is 1. The third-order valence-corrected chi connectivity index (χ3v) is 4.51. The third-order valence-electron chi connectivity index (χ3n) is 4.51. The standard InChI is InChI=1S/C17H27NO/c1-4-14-8-10-15(11-9-14)16(18-5-2)17(19-3)12-6-7-13-17/h8-11,16,18H,4-7,12-13H2,1-3H3. The van der Waals surface area contributed by atoms with Crippen molar-refractivity contribution in [1.82, 2.24) is 5.32 Å². The first-order valence-electron chi connectivity index (χ1n) is 7.63. The van der Waals surface area contributed by atoms with E-state index in [-0.39, 0.29) is 5.60 Å². The number of benzene rings is 1. The highest BCUT2D eigenvalue weighted by Gasteiger charge is 2.41. The van der Waals surface area contributed by atoms with Gasteiger partial charge in [0.2, 0.25) is 0 Å². The zero-order valence-corrected chi connectivity index (χ0v) is 12.5. The fourth-order valence-electron chi connectivity index (χ4n) is 3.34. The number of likely N-dealkylation sites (N-methyl/N-ethyl adjacent to an activating group) is 1. The first kappa shape index (κ1) is 14.5. The summed E-state index contributed by atoms with van der Waals surface area (Å²) in [6, 6.07) is 9.35. The monoisotopic (exact) mass is 261 g/mol. The van der Waals surface area contributed by atoms with Crippen molar-refractivity contribution in [2.75, 3.05) is 13.7 Å².